The van der Waals surface area contributed by atoms with Gasteiger partial charge in [0.2, 0.25) is 5.91 Å². The third-order valence-corrected chi connectivity index (χ3v) is 6.02. The standard InChI is InChI=1S/C29H30N2O6/c32-27(31-20-35-16-8-15-28(33)36-18-21-9-2-1-3-10-21)17-30-29(34)37-19-26-24-13-6-4-11-22(24)23-12-5-7-14-25(23)26/h1-7,9-14,26H,8,15-20H2,(H,30,34)(H,31,32). The first kappa shape index (κ1) is 25.9. The molecule has 4 rings (SSSR count). The van der Waals surface area contributed by atoms with E-state index in [2.05, 4.69) is 22.8 Å². The molecule has 3 aromatic carbocycles. The van der Waals surface area contributed by atoms with Gasteiger partial charge in [-0.25, -0.2) is 4.79 Å². The van der Waals surface area contributed by atoms with Gasteiger partial charge in [-0.1, -0.05) is 78.9 Å². The van der Waals surface area contributed by atoms with Crippen molar-refractivity contribution in [2.24, 2.45) is 0 Å². The number of fused-ring (bicyclic) bond motifs is 3. The Balaban J connectivity index is 1.06. The van der Waals surface area contributed by atoms with E-state index in [0.29, 0.717) is 13.0 Å². The van der Waals surface area contributed by atoms with Crippen LogP contribution in [-0.2, 0) is 30.4 Å². The molecule has 8 heteroatoms. The van der Waals surface area contributed by atoms with E-state index in [1.54, 1.807) is 0 Å². The summed E-state index contributed by atoms with van der Waals surface area (Å²) >= 11 is 0. The van der Waals surface area contributed by atoms with Gasteiger partial charge in [-0.2, -0.15) is 0 Å². The average molecular weight is 503 g/mol. The Bertz CT molecular complexity index is 1170. The normalized spacial score (nSPS) is 11.8. The van der Waals surface area contributed by atoms with Crippen LogP contribution in [0.1, 0.15) is 35.4 Å². The summed E-state index contributed by atoms with van der Waals surface area (Å²) in [6.07, 6.45) is 0.0398. The van der Waals surface area contributed by atoms with Crippen LogP contribution < -0.4 is 10.6 Å². The number of hydrogen-bond acceptors (Lipinski definition) is 6. The summed E-state index contributed by atoms with van der Waals surface area (Å²) < 4.78 is 15.9. The van der Waals surface area contributed by atoms with E-state index in [-0.39, 0.29) is 44.8 Å². The Morgan fingerprint density at radius 3 is 2.11 bits per heavy atom. The van der Waals surface area contributed by atoms with Crippen LogP contribution in [0.4, 0.5) is 4.79 Å². The van der Waals surface area contributed by atoms with Crippen molar-refractivity contribution in [1.29, 1.82) is 0 Å². The molecular weight excluding hydrogens is 472 g/mol. The molecule has 0 bridgehead atoms. The lowest BCUT2D eigenvalue weighted by atomic mass is 9.98. The predicted molar refractivity (Wildman–Crippen MR) is 138 cm³/mol. The van der Waals surface area contributed by atoms with Crippen LogP contribution in [0.25, 0.3) is 11.1 Å². The molecule has 37 heavy (non-hydrogen) atoms. The highest BCUT2D eigenvalue weighted by molar-refractivity contribution is 5.82. The molecule has 0 aromatic heterocycles. The monoisotopic (exact) mass is 502 g/mol. The Morgan fingerprint density at radius 1 is 0.757 bits per heavy atom. The molecule has 0 saturated carbocycles. The van der Waals surface area contributed by atoms with Gasteiger partial charge in [0.1, 0.15) is 26.5 Å². The molecule has 0 spiro atoms. The maximum absolute atomic E-state index is 12.2. The van der Waals surface area contributed by atoms with Crippen LogP contribution in [0.15, 0.2) is 78.9 Å². The minimum Gasteiger partial charge on any atom is -0.461 e. The van der Waals surface area contributed by atoms with Gasteiger partial charge in [-0.05, 0) is 34.2 Å². The Morgan fingerprint density at radius 2 is 1.41 bits per heavy atom. The van der Waals surface area contributed by atoms with E-state index in [0.717, 1.165) is 27.8 Å². The van der Waals surface area contributed by atoms with Crippen molar-refractivity contribution in [3.63, 3.8) is 0 Å². The summed E-state index contributed by atoms with van der Waals surface area (Å²) in [5, 5.41) is 5.01. The van der Waals surface area contributed by atoms with Crippen molar-refractivity contribution >= 4 is 18.0 Å². The van der Waals surface area contributed by atoms with Gasteiger partial charge in [0.25, 0.3) is 0 Å². The minimum absolute atomic E-state index is 0.0235. The van der Waals surface area contributed by atoms with Crippen molar-refractivity contribution < 1.29 is 28.6 Å². The number of esters is 1. The fourth-order valence-corrected chi connectivity index (χ4v) is 4.20. The van der Waals surface area contributed by atoms with Crippen LogP contribution in [0.2, 0.25) is 0 Å². The number of carbonyl (C=O) groups excluding carboxylic acids is 3. The molecular formula is C29H30N2O6. The van der Waals surface area contributed by atoms with Crippen molar-refractivity contribution in [2.75, 3.05) is 26.5 Å². The molecule has 8 nitrogen and oxygen atoms in total. The summed E-state index contributed by atoms with van der Waals surface area (Å²) in [6, 6.07) is 25.6. The van der Waals surface area contributed by atoms with Crippen molar-refractivity contribution in [3.05, 3.63) is 95.6 Å². The number of rotatable bonds is 12. The minimum atomic E-state index is -0.660. The molecule has 1 aliphatic rings. The second-order valence-electron chi connectivity index (χ2n) is 8.58. The maximum Gasteiger partial charge on any atom is 0.407 e. The van der Waals surface area contributed by atoms with Gasteiger partial charge in [0.05, 0.1) is 0 Å². The Labute approximate surface area is 215 Å². The molecule has 2 amide bonds. The molecule has 0 aliphatic heterocycles. The molecule has 3 aromatic rings. The molecule has 1 aliphatic carbocycles. The first-order valence-corrected chi connectivity index (χ1v) is 12.2. The average Bonchev–Trinajstić information content (AvgIpc) is 3.25. The fraction of sp³-hybridized carbons (Fsp3) is 0.276. The molecule has 0 heterocycles. The van der Waals surface area contributed by atoms with Crippen molar-refractivity contribution in [2.45, 2.75) is 25.4 Å². The summed E-state index contributed by atoms with van der Waals surface area (Å²) in [7, 11) is 0. The number of nitrogens with one attached hydrogen (secondary N) is 2. The van der Waals surface area contributed by atoms with Crippen LogP contribution in [0, 0.1) is 0 Å². The zero-order valence-electron chi connectivity index (χ0n) is 20.5. The lowest BCUT2D eigenvalue weighted by Crippen LogP contribution is -2.38. The van der Waals surface area contributed by atoms with Gasteiger partial charge in [0.15, 0.2) is 0 Å². The molecule has 2 N–H and O–H groups in total. The number of hydrogen-bond donors (Lipinski definition) is 2. The first-order valence-electron chi connectivity index (χ1n) is 12.2. The van der Waals surface area contributed by atoms with E-state index in [9.17, 15) is 14.4 Å². The summed E-state index contributed by atoms with van der Waals surface area (Å²) in [5.41, 5.74) is 5.47. The third-order valence-electron chi connectivity index (χ3n) is 6.02. The van der Waals surface area contributed by atoms with Gasteiger partial charge in [-0.15, -0.1) is 0 Å². The topological polar surface area (TPSA) is 103 Å². The highest BCUT2D eigenvalue weighted by Crippen LogP contribution is 2.44. The van der Waals surface area contributed by atoms with Gasteiger partial charge in [0, 0.05) is 18.9 Å². The fourth-order valence-electron chi connectivity index (χ4n) is 4.20. The molecule has 0 atom stereocenters. The maximum atomic E-state index is 12.2. The largest absolute Gasteiger partial charge is 0.461 e. The second-order valence-corrected chi connectivity index (χ2v) is 8.58. The number of carbonyl (C=O) groups is 3. The summed E-state index contributed by atoms with van der Waals surface area (Å²) in [5.74, 6) is -0.754. The number of ether oxygens (including phenoxy) is 3. The zero-order valence-corrected chi connectivity index (χ0v) is 20.5. The van der Waals surface area contributed by atoms with E-state index in [4.69, 9.17) is 14.2 Å². The first-order chi connectivity index (χ1) is 18.1. The molecule has 0 saturated heterocycles. The Hall–Kier alpha value is -4.17. The number of benzene rings is 3. The molecule has 0 unspecified atom stereocenters. The predicted octanol–water partition coefficient (Wildman–Crippen LogP) is 4.14. The SMILES string of the molecule is O=C(CNC(=O)OCC1c2ccccc2-c2ccccc21)NCOCCCC(=O)OCc1ccccc1. The number of alkyl carbamates (subject to hydrolysis) is 1. The van der Waals surface area contributed by atoms with Crippen LogP contribution in [0.5, 0.6) is 0 Å². The third kappa shape index (κ3) is 7.41. The summed E-state index contributed by atoms with van der Waals surface area (Å²) in [6.45, 7) is 0.461. The van der Waals surface area contributed by atoms with E-state index in [1.807, 2.05) is 66.7 Å². The second kappa shape index (κ2) is 13.2. The zero-order chi connectivity index (χ0) is 25.9. The lowest BCUT2D eigenvalue weighted by Gasteiger charge is -2.14. The van der Waals surface area contributed by atoms with Crippen molar-refractivity contribution in [1.82, 2.24) is 10.6 Å². The highest BCUT2D eigenvalue weighted by Gasteiger charge is 2.29. The van der Waals surface area contributed by atoms with Gasteiger partial charge >= 0.3 is 12.1 Å². The lowest BCUT2D eigenvalue weighted by molar-refractivity contribution is -0.145. The highest BCUT2D eigenvalue weighted by atomic mass is 16.5. The summed E-state index contributed by atoms with van der Waals surface area (Å²) in [4.78, 5) is 35.9. The quantitative estimate of drug-likeness (QED) is 0.219. The van der Waals surface area contributed by atoms with Gasteiger partial charge < -0.3 is 24.8 Å². The van der Waals surface area contributed by atoms with E-state index in [1.165, 1.54) is 0 Å². The van der Waals surface area contributed by atoms with Crippen LogP contribution in [0.3, 0.4) is 0 Å². The molecule has 0 radical (unpaired) electrons. The van der Waals surface area contributed by atoms with E-state index < -0.39 is 12.0 Å². The number of amides is 2. The van der Waals surface area contributed by atoms with Crippen LogP contribution >= 0.6 is 0 Å². The van der Waals surface area contributed by atoms with Gasteiger partial charge in [-0.3, -0.25) is 9.59 Å². The van der Waals surface area contributed by atoms with E-state index >= 15 is 0 Å². The molecule has 192 valence electrons. The Kier molecular flexibility index (Phi) is 9.26. The smallest absolute Gasteiger partial charge is 0.407 e. The van der Waals surface area contributed by atoms with Crippen molar-refractivity contribution in [3.8, 4) is 11.1 Å². The van der Waals surface area contributed by atoms with Crippen LogP contribution in [-0.4, -0.2) is 44.5 Å². The molecule has 0 fully saturated rings.